The van der Waals surface area contributed by atoms with Crippen LogP contribution in [0.2, 0.25) is 0 Å². The minimum atomic E-state index is -0.528. The minimum absolute atomic E-state index is 0.130. The summed E-state index contributed by atoms with van der Waals surface area (Å²) in [5.41, 5.74) is 1.42. The number of unbranched alkanes of at least 4 members (excludes halogenated alkanes) is 12. The maximum atomic E-state index is 12.6. The molecule has 0 saturated heterocycles. The summed E-state index contributed by atoms with van der Waals surface area (Å²) in [6.45, 7) is 2.29. The lowest BCUT2D eigenvalue weighted by Crippen LogP contribution is -2.23. The minimum Gasteiger partial charge on any atom is -0.444 e. The maximum Gasteiger partial charge on any atom is 0.308 e. The fourth-order valence-electron chi connectivity index (χ4n) is 5.57. The van der Waals surface area contributed by atoms with Crippen molar-refractivity contribution in [1.82, 2.24) is 0 Å². The van der Waals surface area contributed by atoms with E-state index < -0.39 is 8.15 Å². The van der Waals surface area contributed by atoms with Crippen molar-refractivity contribution in [2.75, 3.05) is 0 Å². The van der Waals surface area contributed by atoms with Gasteiger partial charge >= 0.3 is 5.97 Å². The summed E-state index contributed by atoms with van der Waals surface area (Å²) in [6.07, 6.45) is 31.7. The highest BCUT2D eigenvalue weighted by molar-refractivity contribution is 7.54. The monoisotopic (exact) mass is 452 g/mol. The zero-order valence-corrected chi connectivity index (χ0v) is 21.8. The molecule has 3 heteroatoms. The summed E-state index contributed by atoms with van der Waals surface area (Å²) in [7, 11) is -0.528. The van der Waals surface area contributed by atoms with Gasteiger partial charge in [-0.1, -0.05) is 122 Å². The molecular formula is C28H53O2P. The third kappa shape index (κ3) is 12.6. The van der Waals surface area contributed by atoms with E-state index in [1.165, 1.54) is 141 Å². The summed E-state index contributed by atoms with van der Waals surface area (Å²) in [5, 5.41) is 0. The Kier molecular flexibility index (Phi) is 16.1. The van der Waals surface area contributed by atoms with Gasteiger partial charge in [0.15, 0.2) is 0 Å². The van der Waals surface area contributed by atoms with Gasteiger partial charge in [0.05, 0.1) is 8.15 Å². The number of carbonyl (C=O) groups is 1. The van der Waals surface area contributed by atoms with Gasteiger partial charge in [0.1, 0.15) is 0 Å². The highest BCUT2D eigenvalue weighted by Crippen LogP contribution is 2.56. The van der Waals surface area contributed by atoms with Crippen LogP contribution in [0.3, 0.4) is 0 Å². The van der Waals surface area contributed by atoms with Gasteiger partial charge in [-0.05, 0) is 32.1 Å². The topological polar surface area (TPSA) is 26.3 Å². The molecule has 0 atom stereocenters. The van der Waals surface area contributed by atoms with Crippen LogP contribution in [-0.4, -0.2) is 17.3 Å². The molecule has 2 aliphatic carbocycles. The van der Waals surface area contributed by atoms with Crippen LogP contribution in [0.15, 0.2) is 0 Å². The van der Waals surface area contributed by atoms with Gasteiger partial charge in [-0.15, -0.1) is 0 Å². The molecule has 0 N–H and O–H groups in total. The lowest BCUT2D eigenvalue weighted by atomic mass is 10.00. The zero-order chi connectivity index (χ0) is 22.0. The maximum absolute atomic E-state index is 12.6. The van der Waals surface area contributed by atoms with Crippen LogP contribution < -0.4 is 0 Å². The van der Waals surface area contributed by atoms with Crippen molar-refractivity contribution in [3.8, 4) is 0 Å². The Morgan fingerprint density at radius 3 is 1.42 bits per heavy atom. The van der Waals surface area contributed by atoms with E-state index in [4.69, 9.17) is 4.52 Å². The lowest BCUT2D eigenvalue weighted by Gasteiger charge is -2.36. The van der Waals surface area contributed by atoms with Crippen molar-refractivity contribution < 1.29 is 9.32 Å². The molecule has 2 rings (SSSR count). The molecule has 0 heterocycles. The van der Waals surface area contributed by atoms with Crippen LogP contribution in [0.1, 0.15) is 161 Å². The van der Waals surface area contributed by atoms with Crippen LogP contribution >= 0.6 is 8.15 Å². The smallest absolute Gasteiger partial charge is 0.308 e. The number of rotatable bonds is 17. The fraction of sp³-hybridized carbons (Fsp3) is 0.964. The van der Waals surface area contributed by atoms with Gasteiger partial charge in [0.2, 0.25) is 0 Å². The van der Waals surface area contributed by atoms with Gasteiger partial charge in [0.25, 0.3) is 0 Å². The fourth-order valence-corrected chi connectivity index (χ4v) is 8.54. The second kappa shape index (κ2) is 18.3. The van der Waals surface area contributed by atoms with Crippen molar-refractivity contribution in [2.24, 2.45) is 0 Å². The van der Waals surface area contributed by atoms with Gasteiger partial charge in [-0.2, -0.15) is 0 Å². The third-order valence-electron chi connectivity index (χ3n) is 7.56. The molecule has 31 heavy (non-hydrogen) atoms. The summed E-state index contributed by atoms with van der Waals surface area (Å²) in [6, 6.07) is 0. The molecule has 0 bridgehead atoms. The normalized spacial score (nSPS) is 18.5. The standard InChI is InChI=1S/C28H53O2P/c1-2-3-4-5-6-7-8-9-10-11-12-13-20-25-28(29)30-31(26-21-16-14-17-22-26)27-23-18-15-19-24-27/h26-27H,2-25H2,1H3. The van der Waals surface area contributed by atoms with Gasteiger partial charge in [-0.25, -0.2) is 0 Å². The van der Waals surface area contributed by atoms with E-state index in [2.05, 4.69) is 6.92 Å². The number of carbonyl (C=O) groups excluding carboxylic acids is 1. The van der Waals surface area contributed by atoms with E-state index in [1.54, 1.807) is 0 Å². The Morgan fingerprint density at radius 2 is 1.00 bits per heavy atom. The van der Waals surface area contributed by atoms with E-state index in [9.17, 15) is 4.79 Å². The first-order chi connectivity index (χ1) is 15.3. The number of hydrogen-bond donors (Lipinski definition) is 0. The molecule has 2 fully saturated rings. The average molecular weight is 453 g/mol. The van der Waals surface area contributed by atoms with Crippen molar-refractivity contribution in [1.29, 1.82) is 0 Å². The Morgan fingerprint density at radius 1 is 0.613 bits per heavy atom. The molecule has 0 aliphatic heterocycles. The zero-order valence-electron chi connectivity index (χ0n) is 20.9. The molecule has 2 nitrogen and oxygen atoms in total. The summed E-state index contributed by atoms with van der Waals surface area (Å²) in [5.74, 6) is 0.130. The first-order valence-electron chi connectivity index (χ1n) is 14.3. The molecular weight excluding hydrogens is 399 g/mol. The van der Waals surface area contributed by atoms with Gasteiger partial charge in [0, 0.05) is 17.7 Å². The summed E-state index contributed by atoms with van der Waals surface area (Å²) >= 11 is 0. The second-order valence-electron chi connectivity index (χ2n) is 10.4. The van der Waals surface area contributed by atoms with E-state index in [0.29, 0.717) is 17.7 Å². The van der Waals surface area contributed by atoms with Crippen molar-refractivity contribution in [3.05, 3.63) is 0 Å². The third-order valence-corrected chi connectivity index (χ3v) is 10.4. The first-order valence-corrected chi connectivity index (χ1v) is 15.7. The van der Waals surface area contributed by atoms with Crippen LogP contribution in [0.5, 0.6) is 0 Å². The molecule has 0 unspecified atom stereocenters. The number of hydrogen-bond acceptors (Lipinski definition) is 2. The molecule has 182 valence electrons. The Balaban J connectivity index is 1.49. The molecule has 2 aliphatic rings. The molecule has 0 radical (unpaired) electrons. The van der Waals surface area contributed by atoms with Crippen LogP contribution in [-0.2, 0) is 9.32 Å². The quantitative estimate of drug-likeness (QED) is 0.162. The molecule has 0 aromatic rings. The first kappa shape index (κ1) is 27.1. The molecule has 0 aromatic carbocycles. The highest BCUT2D eigenvalue weighted by Gasteiger charge is 2.34. The largest absolute Gasteiger partial charge is 0.444 e. The summed E-state index contributed by atoms with van der Waals surface area (Å²) in [4.78, 5) is 12.6. The van der Waals surface area contributed by atoms with Crippen molar-refractivity contribution in [2.45, 2.75) is 172 Å². The second-order valence-corrected chi connectivity index (χ2v) is 12.8. The van der Waals surface area contributed by atoms with Crippen molar-refractivity contribution in [3.63, 3.8) is 0 Å². The Bertz CT molecular complexity index is 409. The van der Waals surface area contributed by atoms with Crippen LogP contribution in [0.4, 0.5) is 0 Å². The summed E-state index contributed by atoms with van der Waals surface area (Å²) < 4.78 is 6.26. The highest BCUT2D eigenvalue weighted by atomic mass is 31.1. The SMILES string of the molecule is CCCCCCCCCCCCCCCC(=O)OP(C1CCCCC1)C1CCCCC1. The molecule has 0 spiro atoms. The van der Waals surface area contributed by atoms with E-state index >= 15 is 0 Å². The van der Waals surface area contributed by atoms with E-state index in [1.807, 2.05) is 0 Å². The van der Waals surface area contributed by atoms with Gasteiger partial charge in [-0.3, -0.25) is 4.79 Å². The Labute approximate surface area is 195 Å². The predicted molar refractivity (Wildman–Crippen MR) is 137 cm³/mol. The van der Waals surface area contributed by atoms with E-state index in [-0.39, 0.29) is 5.97 Å². The van der Waals surface area contributed by atoms with Crippen molar-refractivity contribution >= 4 is 14.1 Å². The lowest BCUT2D eigenvalue weighted by molar-refractivity contribution is -0.134. The molecule has 0 aromatic heterocycles. The van der Waals surface area contributed by atoms with Crippen LogP contribution in [0, 0.1) is 0 Å². The Hall–Kier alpha value is -0.100. The molecule has 0 amide bonds. The predicted octanol–water partition coefficient (Wildman–Crippen LogP) is 10.1. The molecule has 2 saturated carbocycles. The van der Waals surface area contributed by atoms with Gasteiger partial charge < -0.3 is 4.52 Å². The average Bonchev–Trinajstić information content (AvgIpc) is 2.81. The van der Waals surface area contributed by atoms with E-state index in [0.717, 1.165) is 6.42 Å². The van der Waals surface area contributed by atoms with Crippen LogP contribution in [0.25, 0.3) is 0 Å².